The van der Waals surface area contributed by atoms with Gasteiger partial charge in [-0.25, -0.2) is 4.18 Å². The first-order valence-corrected chi connectivity index (χ1v) is 8.24. The van der Waals surface area contributed by atoms with Crippen LogP contribution in [0.3, 0.4) is 0 Å². The van der Waals surface area contributed by atoms with Gasteiger partial charge in [0, 0.05) is 12.1 Å². The van der Waals surface area contributed by atoms with Crippen LogP contribution in [-0.4, -0.2) is 31.1 Å². The Morgan fingerprint density at radius 2 is 1.55 bits per heavy atom. The van der Waals surface area contributed by atoms with Gasteiger partial charge in [-0.15, -0.1) is 0 Å². The van der Waals surface area contributed by atoms with E-state index in [9.17, 15) is 18.5 Å². The summed E-state index contributed by atoms with van der Waals surface area (Å²) in [6.45, 7) is 0.497. The van der Waals surface area contributed by atoms with Crippen LogP contribution in [-0.2, 0) is 14.6 Å². The van der Waals surface area contributed by atoms with E-state index >= 15 is 0 Å². The zero-order chi connectivity index (χ0) is 16.4. The third-order valence-electron chi connectivity index (χ3n) is 2.84. The van der Waals surface area contributed by atoms with Crippen LogP contribution < -0.4 is 4.74 Å². The monoisotopic (exact) mass is 333 g/mol. The summed E-state index contributed by atoms with van der Waals surface area (Å²) >= 11 is 0. The third-order valence-corrected chi connectivity index (χ3v) is 3.30. The van der Waals surface area contributed by atoms with Gasteiger partial charge < -0.3 is 4.74 Å². The van der Waals surface area contributed by atoms with E-state index in [-0.39, 0.29) is 12.3 Å². The lowest BCUT2D eigenvalue weighted by Crippen LogP contribution is -2.04. The Labute approximate surface area is 129 Å². The minimum Gasteiger partial charge on any atom is -0.494 e. The zero-order valence-corrected chi connectivity index (χ0v) is 12.8. The number of ether oxygens (including phenoxy) is 1. The van der Waals surface area contributed by atoms with E-state index in [0.717, 1.165) is 25.7 Å². The van der Waals surface area contributed by atoms with Crippen molar-refractivity contribution in [2.24, 2.45) is 0 Å². The Hall–Kier alpha value is -1.71. The highest BCUT2D eigenvalue weighted by Gasteiger charge is 2.04. The molecule has 0 heterocycles. The minimum absolute atomic E-state index is 0.0157. The van der Waals surface area contributed by atoms with Crippen molar-refractivity contribution in [2.45, 2.75) is 32.1 Å². The van der Waals surface area contributed by atoms with Gasteiger partial charge in [-0.2, -0.15) is 8.42 Å². The van der Waals surface area contributed by atoms with Crippen LogP contribution >= 0.6 is 0 Å². The molecule has 22 heavy (non-hydrogen) atoms. The van der Waals surface area contributed by atoms with Crippen molar-refractivity contribution in [3.05, 3.63) is 34.4 Å². The van der Waals surface area contributed by atoms with E-state index in [1.165, 1.54) is 12.1 Å². The molecule has 0 fully saturated rings. The summed E-state index contributed by atoms with van der Waals surface area (Å²) in [5, 5.41) is 10.5. The Kier molecular flexibility index (Phi) is 7.78. The molecular formula is C13H19NO7S. The van der Waals surface area contributed by atoms with Crippen molar-refractivity contribution in [3.8, 4) is 5.75 Å². The number of nitrogens with zero attached hydrogens (tertiary/aromatic N) is 1. The van der Waals surface area contributed by atoms with E-state index in [1.54, 1.807) is 12.1 Å². The van der Waals surface area contributed by atoms with Crippen LogP contribution in [0.15, 0.2) is 24.3 Å². The smallest absolute Gasteiger partial charge is 0.397 e. The van der Waals surface area contributed by atoms with Crippen molar-refractivity contribution in [2.75, 3.05) is 13.2 Å². The minimum atomic E-state index is -4.33. The van der Waals surface area contributed by atoms with E-state index in [2.05, 4.69) is 4.18 Å². The van der Waals surface area contributed by atoms with E-state index in [0.29, 0.717) is 18.8 Å². The number of benzene rings is 1. The molecule has 1 aromatic rings. The normalized spacial score (nSPS) is 11.3. The Bertz CT molecular complexity index is 556. The quantitative estimate of drug-likeness (QED) is 0.286. The molecule has 9 heteroatoms. The molecule has 1 rings (SSSR count). The average molecular weight is 333 g/mol. The summed E-state index contributed by atoms with van der Waals surface area (Å²) in [5.74, 6) is 0.590. The molecule has 124 valence electrons. The van der Waals surface area contributed by atoms with Gasteiger partial charge in [0.1, 0.15) is 5.75 Å². The second-order valence-corrected chi connectivity index (χ2v) is 5.71. The molecule has 0 saturated heterocycles. The highest BCUT2D eigenvalue weighted by atomic mass is 32.3. The number of rotatable bonds is 11. The maximum atomic E-state index is 10.5. The summed E-state index contributed by atoms with van der Waals surface area (Å²) in [7, 11) is -4.33. The van der Waals surface area contributed by atoms with Crippen molar-refractivity contribution >= 4 is 16.1 Å². The number of unbranched alkanes of at least 4 members (excludes halogenated alkanes) is 4. The summed E-state index contributed by atoms with van der Waals surface area (Å²) in [4.78, 5) is 10.0. The Morgan fingerprint density at radius 1 is 1.00 bits per heavy atom. The molecule has 0 radical (unpaired) electrons. The Morgan fingerprint density at radius 3 is 2.09 bits per heavy atom. The van der Waals surface area contributed by atoms with Gasteiger partial charge in [0.2, 0.25) is 0 Å². The molecule has 0 atom stereocenters. The van der Waals surface area contributed by atoms with Crippen molar-refractivity contribution in [1.29, 1.82) is 0 Å². The van der Waals surface area contributed by atoms with Crippen LogP contribution in [0.1, 0.15) is 32.1 Å². The van der Waals surface area contributed by atoms with E-state index in [4.69, 9.17) is 9.29 Å². The Balaban J connectivity index is 2.02. The summed E-state index contributed by atoms with van der Waals surface area (Å²) in [6, 6.07) is 5.91. The van der Waals surface area contributed by atoms with Gasteiger partial charge in [0.15, 0.2) is 0 Å². The van der Waals surface area contributed by atoms with Gasteiger partial charge in [0.25, 0.3) is 5.69 Å². The molecule has 0 aromatic heterocycles. The molecule has 0 aliphatic heterocycles. The van der Waals surface area contributed by atoms with Gasteiger partial charge in [-0.1, -0.05) is 19.3 Å². The van der Waals surface area contributed by atoms with Gasteiger partial charge in [-0.05, 0) is 25.0 Å². The molecule has 0 bridgehead atoms. The van der Waals surface area contributed by atoms with Crippen LogP contribution in [0.2, 0.25) is 0 Å². The molecule has 1 N–H and O–H groups in total. The fourth-order valence-electron chi connectivity index (χ4n) is 1.75. The largest absolute Gasteiger partial charge is 0.494 e. The second-order valence-electron chi connectivity index (χ2n) is 4.62. The molecule has 0 spiro atoms. The first-order valence-electron chi connectivity index (χ1n) is 6.87. The van der Waals surface area contributed by atoms with Crippen molar-refractivity contribution in [1.82, 2.24) is 0 Å². The van der Waals surface area contributed by atoms with Crippen LogP contribution in [0.25, 0.3) is 0 Å². The highest BCUT2D eigenvalue weighted by molar-refractivity contribution is 7.80. The number of nitro groups is 1. The topological polar surface area (TPSA) is 116 Å². The summed E-state index contributed by atoms with van der Waals surface area (Å²) < 4.78 is 38.5. The number of hydrogen-bond donors (Lipinski definition) is 1. The van der Waals surface area contributed by atoms with Crippen LogP contribution in [0.4, 0.5) is 5.69 Å². The zero-order valence-electron chi connectivity index (χ0n) is 12.0. The van der Waals surface area contributed by atoms with Gasteiger partial charge in [0.05, 0.1) is 18.1 Å². The molecular weight excluding hydrogens is 314 g/mol. The predicted octanol–water partition coefficient (Wildman–Crippen LogP) is 2.74. The molecule has 0 aliphatic carbocycles. The molecule has 0 saturated carbocycles. The summed E-state index contributed by atoms with van der Waals surface area (Å²) in [5.41, 5.74) is 0.0273. The van der Waals surface area contributed by atoms with Crippen LogP contribution in [0, 0.1) is 10.1 Å². The number of non-ortho nitro benzene ring substituents is 1. The van der Waals surface area contributed by atoms with Gasteiger partial charge in [-0.3, -0.25) is 14.7 Å². The first-order chi connectivity index (χ1) is 10.4. The average Bonchev–Trinajstić information content (AvgIpc) is 2.45. The second kappa shape index (κ2) is 9.34. The van der Waals surface area contributed by atoms with Crippen molar-refractivity contribution < 1.29 is 26.8 Å². The van der Waals surface area contributed by atoms with Crippen LogP contribution in [0.5, 0.6) is 5.75 Å². The van der Waals surface area contributed by atoms with Gasteiger partial charge >= 0.3 is 10.4 Å². The molecule has 0 amide bonds. The fraction of sp³-hybridized carbons (Fsp3) is 0.538. The maximum Gasteiger partial charge on any atom is 0.397 e. The van der Waals surface area contributed by atoms with E-state index < -0.39 is 15.3 Å². The SMILES string of the molecule is O=[N+]([O-])c1ccc(OCCCCCCCOS(=O)(=O)O)cc1. The lowest BCUT2D eigenvalue weighted by atomic mass is 10.1. The lowest BCUT2D eigenvalue weighted by Gasteiger charge is -2.05. The molecule has 1 aromatic carbocycles. The molecule has 0 unspecified atom stereocenters. The maximum absolute atomic E-state index is 10.5. The molecule has 8 nitrogen and oxygen atoms in total. The fourth-order valence-corrected chi connectivity index (χ4v) is 2.08. The number of nitro benzene ring substituents is 1. The molecule has 0 aliphatic rings. The van der Waals surface area contributed by atoms with E-state index in [1.807, 2.05) is 0 Å². The summed E-state index contributed by atoms with van der Waals surface area (Å²) in [6.07, 6.45) is 4.00. The standard InChI is InChI=1S/C13H19NO7S/c15-14(16)12-6-8-13(9-7-12)20-10-4-2-1-3-5-11-21-22(17,18)19/h6-9H,1-5,10-11H2,(H,17,18,19). The lowest BCUT2D eigenvalue weighted by molar-refractivity contribution is -0.384. The number of hydrogen-bond acceptors (Lipinski definition) is 6. The first kappa shape index (κ1) is 18.3. The van der Waals surface area contributed by atoms with Crippen molar-refractivity contribution in [3.63, 3.8) is 0 Å². The predicted molar refractivity (Wildman–Crippen MR) is 79.2 cm³/mol. The highest BCUT2D eigenvalue weighted by Crippen LogP contribution is 2.17. The third kappa shape index (κ3) is 8.55.